The Hall–Kier alpha value is -2.18. The van der Waals surface area contributed by atoms with Crippen LogP contribution in [0.5, 0.6) is 0 Å². The van der Waals surface area contributed by atoms with E-state index in [2.05, 4.69) is 17.9 Å². The second kappa shape index (κ2) is 7.39. The summed E-state index contributed by atoms with van der Waals surface area (Å²) in [5, 5.41) is 13.2. The molecule has 5 nitrogen and oxygen atoms in total. The van der Waals surface area contributed by atoms with E-state index in [9.17, 15) is 14.4 Å². The Morgan fingerprint density at radius 3 is 2.48 bits per heavy atom. The van der Waals surface area contributed by atoms with Crippen molar-refractivity contribution >= 4 is 40.9 Å². The van der Waals surface area contributed by atoms with Gasteiger partial charge in [-0.05, 0) is 17.7 Å². The van der Waals surface area contributed by atoms with Crippen LogP contribution in [-0.4, -0.2) is 41.0 Å². The van der Waals surface area contributed by atoms with Gasteiger partial charge in [0, 0.05) is 16.9 Å². The zero-order chi connectivity index (χ0) is 17.0. The number of hydrogen-bond donors (Lipinski definition) is 3. The van der Waals surface area contributed by atoms with E-state index in [4.69, 9.17) is 5.11 Å². The Morgan fingerprint density at radius 1 is 1.17 bits per heavy atom. The first-order chi connectivity index (χ1) is 11.0. The summed E-state index contributed by atoms with van der Waals surface area (Å²) in [6.07, 6.45) is 0. The minimum atomic E-state index is -1.07. The fraction of sp³-hybridized carbons (Fsp3) is 0.235. The molecule has 120 valence electrons. The number of thiol groups is 1. The Bertz CT molecular complexity index is 772. The van der Waals surface area contributed by atoms with Crippen molar-refractivity contribution in [2.24, 2.45) is 0 Å². The van der Waals surface area contributed by atoms with E-state index in [0.29, 0.717) is 16.5 Å². The number of carbonyl (C=O) groups is 3. The van der Waals surface area contributed by atoms with Crippen LogP contribution in [0, 0.1) is 0 Å². The SMILES string of the molecule is CC(=O)c1ccc2ccccc2c1C(=O)CN[C@H](CS)C(=O)O. The van der Waals surface area contributed by atoms with Crippen LogP contribution in [0.2, 0.25) is 0 Å². The molecule has 1 atom stereocenters. The minimum Gasteiger partial charge on any atom is -0.480 e. The summed E-state index contributed by atoms with van der Waals surface area (Å²) in [6, 6.07) is 9.79. The lowest BCUT2D eigenvalue weighted by molar-refractivity contribution is -0.138. The summed E-state index contributed by atoms with van der Waals surface area (Å²) < 4.78 is 0. The number of benzene rings is 2. The maximum Gasteiger partial charge on any atom is 0.321 e. The third kappa shape index (κ3) is 3.78. The molecule has 0 spiro atoms. The smallest absolute Gasteiger partial charge is 0.321 e. The van der Waals surface area contributed by atoms with Gasteiger partial charge in [0.05, 0.1) is 6.54 Å². The van der Waals surface area contributed by atoms with Crippen molar-refractivity contribution in [1.82, 2.24) is 5.32 Å². The van der Waals surface area contributed by atoms with Crippen LogP contribution in [0.4, 0.5) is 0 Å². The molecule has 2 aromatic rings. The van der Waals surface area contributed by atoms with Crippen molar-refractivity contribution in [1.29, 1.82) is 0 Å². The summed E-state index contributed by atoms with van der Waals surface area (Å²) in [5.41, 5.74) is 0.666. The molecule has 0 radical (unpaired) electrons. The van der Waals surface area contributed by atoms with Crippen molar-refractivity contribution in [2.75, 3.05) is 12.3 Å². The number of Topliss-reactive ketones (excluding diaryl/α,β-unsaturated/α-hetero) is 2. The normalized spacial score (nSPS) is 12.1. The fourth-order valence-electron chi connectivity index (χ4n) is 2.40. The highest BCUT2D eigenvalue weighted by Gasteiger charge is 2.21. The van der Waals surface area contributed by atoms with Gasteiger partial charge in [0.2, 0.25) is 0 Å². The first-order valence-electron chi connectivity index (χ1n) is 7.08. The number of carboxylic acids is 1. The maximum atomic E-state index is 12.6. The molecule has 2 N–H and O–H groups in total. The van der Waals surface area contributed by atoms with Crippen molar-refractivity contribution < 1.29 is 19.5 Å². The molecule has 0 aromatic heterocycles. The van der Waals surface area contributed by atoms with Gasteiger partial charge in [-0.25, -0.2) is 0 Å². The van der Waals surface area contributed by atoms with Crippen LogP contribution in [0.15, 0.2) is 36.4 Å². The maximum absolute atomic E-state index is 12.6. The molecule has 0 saturated heterocycles. The summed E-state index contributed by atoms with van der Waals surface area (Å²) in [7, 11) is 0. The van der Waals surface area contributed by atoms with E-state index in [0.717, 1.165) is 5.39 Å². The van der Waals surface area contributed by atoms with Gasteiger partial charge >= 0.3 is 5.97 Å². The van der Waals surface area contributed by atoms with Crippen LogP contribution in [0.25, 0.3) is 10.8 Å². The van der Waals surface area contributed by atoms with Crippen LogP contribution >= 0.6 is 12.6 Å². The van der Waals surface area contributed by atoms with Gasteiger partial charge < -0.3 is 5.11 Å². The molecular formula is C17H17NO4S. The molecule has 0 aliphatic rings. The number of rotatable bonds is 7. The number of ketones is 2. The van der Waals surface area contributed by atoms with Gasteiger partial charge in [-0.1, -0.05) is 36.4 Å². The van der Waals surface area contributed by atoms with E-state index < -0.39 is 12.0 Å². The molecule has 0 amide bonds. The van der Waals surface area contributed by atoms with Gasteiger partial charge in [0.15, 0.2) is 11.6 Å². The van der Waals surface area contributed by atoms with Crippen LogP contribution in [0.1, 0.15) is 27.6 Å². The molecule has 0 aliphatic carbocycles. The molecule has 0 fully saturated rings. The topological polar surface area (TPSA) is 83.5 Å². The zero-order valence-corrected chi connectivity index (χ0v) is 13.5. The van der Waals surface area contributed by atoms with E-state index in [1.807, 2.05) is 12.1 Å². The number of hydrogen-bond acceptors (Lipinski definition) is 5. The molecule has 2 aromatic carbocycles. The zero-order valence-electron chi connectivity index (χ0n) is 12.6. The van der Waals surface area contributed by atoms with Crippen molar-refractivity contribution in [3.8, 4) is 0 Å². The Balaban J connectivity index is 2.40. The summed E-state index contributed by atoms with van der Waals surface area (Å²) in [4.78, 5) is 35.4. The lowest BCUT2D eigenvalue weighted by Gasteiger charge is -2.14. The molecule has 0 saturated carbocycles. The van der Waals surface area contributed by atoms with Gasteiger partial charge in [-0.3, -0.25) is 19.7 Å². The highest BCUT2D eigenvalue weighted by atomic mass is 32.1. The molecule has 2 rings (SSSR count). The van der Waals surface area contributed by atoms with E-state index in [1.54, 1.807) is 24.3 Å². The minimum absolute atomic E-state index is 0.0672. The molecule has 0 aliphatic heterocycles. The van der Waals surface area contributed by atoms with Crippen molar-refractivity contribution in [3.05, 3.63) is 47.5 Å². The first kappa shape index (κ1) is 17.2. The van der Waals surface area contributed by atoms with Crippen LogP contribution < -0.4 is 5.32 Å². The van der Waals surface area contributed by atoms with Crippen LogP contribution in [-0.2, 0) is 4.79 Å². The molecule has 23 heavy (non-hydrogen) atoms. The molecule has 0 unspecified atom stereocenters. The highest BCUT2D eigenvalue weighted by molar-refractivity contribution is 7.80. The average Bonchev–Trinajstić information content (AvgIpc) is 2.53. The quantitative estimate of drug-likeness (QED) is 0.535. The van der Waals surface area contributed by atoms with Crippen LogP contribution in [0.3, 0.4) is 0 Å². The fourth-order valence-corrected chi connectivity index (χ4v) is 2.68. The number of aliphatic carboxylic acids is 1. The summed E-state index contributed by atoms with van der Waals surface area (Å²) in [5.74, 6) is -1.53. The second-order valence-corrected chi connectivity index (χ2v) is 5.51. The lowest BCUT2D eigenvalue weighted by atomic mass is 9.94. The predicted molar refractivity (Wildman–Crippen MR) is 91.6 cm³/mol. The predicted octanol–water partition coefficient (Wildman–Crippen LogP) is 2.20. The highest BCUT2D eigenvalue weighted by Crippen LogP contribution is 2.23. The van der Waals surface area contributed by atoms with E-state index in [1.165, 1.54) is 6.92 Å². The molecule has 0 heterocycles. The first-order valence-corrected chi connectivity index (χ1v) is 7.72. The largest absolute Gasteiger partial charge is 0.480 e. The monoisotopic (exact) mass is 331 g/mol. The van der Waals surface area contributed by atoms with E-state index >= 15 is 0 Å². The summed E-state index contributed by atoms with van der Waals surface area (Å²) >= 11 is 3.95. The van der Waals surface area contributed by atoms with E-state index in [-0.39, 0.29) is 23.9 Å². The van der Waals surface area contributed by atoms with Gasteiger partial charge in [0.1, 0.15) is 6.04 Å². The lowest BCUT2D eigenvalue weighted by Crippen LogP contribution is -2.41. The van der Waals surface area contributed by atoms with Gasteiger partial charge in [-0.15, -0.1) is 0 Å². The van der Waals surface area contributed by atoms with Crippen molar-refractivity contribution in [3.63, 3.8) is 0 Å². The Labute approximate surface area is 139 Å². The third-order valence-electron chi connectivity index (χ3n) is 3.58. The number of carbonyl (C=O) groups excluding carboxylic acids is 2. The third-order valence-corrected chi connectivity index (χ3v) is 3.94. The van der Waals surface area contributed by atoms with Gasteiger partial charge in [0.25, 0.3) is 0 Å². The molecule has 0 bridgehead atoms. The van der Waals surface area contributed by atoms with Gasteiger partial charge in [-0.2, -0.15) is 12.6 Å². The summed E-state index contributed by atoms with van der Waals surface area (Å²) in [6.45, 7) is 1.23. The number of fused-ring (bicyclic) bond motifs is 1. The Morgan fingerprint density at radius 2 is 1.87 bits per heavy atom. The van der Waals surface area contributed by atoms with Crippen molar-refractivity contribution in [2.45, 2.75) is 13.0 Å². The second-order valence-electron chi connectivity index (χ2n) is 5.14. The Kier molecular flexibility index (Phi) is 5.52. The number of nitrogens with one attached hydrogen (secondary N) is 1. The standard InChI is InChI=1S/C17H17NO4S/c1-10(19)12-7-6-11-4-2-3-5-13(11)16(12)15(20)8-18-14(9-23)17(21)22/h2-7,14,18,23H,8-9H2,1H3,(H,21,22)/t14-/m1/s1. The number of carboxylic acid groups (broad SMARTS) is 1. The molecule has 6 heteroatoms. The molecular weight excluding hydrogens is 314 g/mol. The average molecular weight is 331 g/mol.